The monoisotopic (exact) mass is 185 g/mol. The van der Waals surface area contributed by atoms with Gasteiger partial charge in [-0.3, -0.25) is 4.90 Å². The second-order valence-electron chi connectivity index (χ2n) is 3.15. The molecule has 0 aromatic carbocycles. The molecule has 1 fully saturated rings. The molecule has 0 spiro atoms. The molecule has 0 aromatic heterocycles. The minimum atomic E-state index is -0.887. The number of nitrogens with zero attached hydrogens (tertiary/aromatic N) is 1. The number of hydrogen-bond donors (Lipinski definition) is 1. The Morgan fingerprint density at radius 1 is 1.77 bits per heavy atom. The summed E-state index contributed by atoms with van der Waals surface area (Å²) in [5.41, 5.74) is 0. The van der Waals surface area contributed by atoms with Crippen molar-refractivity contribution in [2.45, 2.75) is 12.5 Å². The molecule has 1 heterocycles. The number of ether oxygens (including phenoxy) is 1. The third kappa shape index (κ3) is 3.57. The lowest BCUT2D eigenvalue weighted by Gasteiger charge is -2.12. The van der Waals surface area contributed by atoms with Crippen LogP contribution in [-0.2, 0) is 9.53 Å². The lowest BCUT2D eigenvalue weighted by Crippen LogP contribution is -2.22. The summed E-state index contributed by atoms with van der Waals surface area (Å²) in [6.45, 7) is 2.59. The van der Waals surface area contributed by atoms with Gasteiger partial charge in [0.1, 0.15) is 0 Å². The molecule has 1 saturated heterocycles. The Hall–Kier alpha value is -0.870. The molecule has 4 heteroatoms. The van der Waals surface area contributed by atoms with Crippen LogP contribution in [0.5, 0.6) is 0 Å². The van der Waals surface area contributed by atoms with Crippen molar-refractivity contribution < 1.29 is 14.6 Å². The van der Waals surface area contributed by atoms with Gasteiger partial charge >= 0.3 is 5.97 Å². The summed E-state index contributed by atoms with van der Waals surface area (Å²) in [5, 5.41) is 8.36. The first-order valence-corrected chi connectivity index (χ1v) is 4.37. The molecule has 1 aliphatic rings. The third-order valence-electron chi connectivity index (χ3n) is 2.19. The van der Waals surface area contributed by atoms with Gasteiger partial charge in [-0.15, -0.1) is 0 Å². The molecule has 0 radical (unpaired) electrons. The molecular weight excluding hydrogens is 170 g/mol. The molecule has 0 aliphatic carbocycles. The largest absolute Gasteiger partial charge is 0.478 e. The number of carboxylic acid groups (broad SMARTS) is 1. The van der Waals surface area contributed by atoms with E-state index in [4.69, 9.17) is 9.84 Å². The maximum atomic E-state index is 10.2. The van der Waals surface area contributed by atoms with Crippen LogP contribution in [0.15, 0.2) is 12.2 Å². The zero-order valence-electron chi connectivity index (χ0n) is 7.77. The number of likely N-dealkylation sites (tertiary alicyclic amines) is 1. The van der Waals surface area contributed by atoms with E-state index in [-0.39, 0.29) is 0 Å². The summed E-state index contributed by atoms with van der Waals surface area (Å²) in [6, 6.07) is 0. The first-order chi connectivity index (χ1) is 6.22. The summed E-state index contributed by atoms with van der Waals surface area (Å²) in [5.74, 6) is -0.887. The Labute approximate surface area is 77.8 Å². The van der Waals surface area contributed by atoms with E-state index in [9.17, 15) is 4.79 Å². The lowest BCUT2D eigenvalue weighted by molar-refractivity contribution is -0.131. The SMILES string of the molecule is COC1CCN(CC=CC(=O)O)C1. The van der Waals surface area contributed by atoms with Gasteiger partial charge in [-0.2, -0.15) is 0 Å². The zero-order chi connectivity index (χ0) is 9.68. The zero-order valence-corrected chi connectivity index (χ0v) is 7.77. The van der Waals surface area contributed by atoms with Crippen molar-refractivity contribution in [3.63, 3.8) is 0 Å². The van der Waals surface area contributed by atoms with Crippen LogP contribution in [0.2, 0.25) is 0 Å². The number of carbonyl (C=O) groups is 1. The van der Waals surface area contributed by atoms with Crippen molar-refractivity contribution in [1.29, 1.82) is 0 Å². The quantitative estimate of drug-likeness (QED) is 0.642. The van der Waals surface area contributed by atoms with Gasteiger partial charge in [0, 0.05) is 32.8 Å². The van der Waals surface area contributed by atoms with E-state index < -0.39 is 5.97 Å². The summed E-state index contributed by atoms with van der Waals surface area (Å²) in [7, 11) is 1.71. The van der Waals surface area contributed by atoms with E-state index in [1.807, 2.05) is 0 Å². The fourth-order valence-corrected chi connectivity index (χ4v) is 1.46. The highest BCUT2D eigenvalue weighted by molar-refractivity contribution is 5.79. The fourth-order valence-electron chi connectivity index (χ4n) is 1.46. The van der Waals surface area contributed by atoms with E-state index in [0.29, 0.717) is 12.6 Å². The highest BCUT2D eigenvalue weighted by atomic mass is 16.5. The maximum absolute atomic E-state index is 10.2. The number of aliphatic carboxylic acids is 1. The second-order valence-corrected chi connectivity index (χ2v) is 3.15. The van der Waals surface area contributed by atoms with Crippen molar-refractivity contribution in [2.75, 3.05) is 26.7 Å². The standard InChI is InChI=1S/C9H15NO3/c1-13-8-4-6-10(7-8)5-2-3-9(11)12/h2-3,8H,4-7H2,1H3,(H,11,12). The van der Waals surface area contributed by atoms with Crippen LogP contribution in [0.1, 0.15) is 6.42 Å². The molecule has 1 aliphatic heterocycles. The van der Waals surface area contributed by atoms with Crippen molar-refractivity contribution in [2.24, 2.45) is 0 Å². The maximum Gasteiger partial charge on any atom is 0.328 e. The predicted molar refractivity (Wildman–Crippen MR) is 48.6 cm³/mol. The van der Waals surface area contributed by atoms with Gasteiger partial charge in [-0.05, 0) is 6.42 Å². The predicted octanol–water partition coefficient (Wildman–Crippen LogP) is 0.348. The van der Waals surface area contributed by atoms with Gasteiger partial charge in [0.05, 0.1) is 6.10 Å². The summed E-state index contributed by atoms with van der Waals surface area (Å²) >= 11 is 0. The Kier molecular flexibility index (Phi) is 3.92. The van der Waals surface area contributed by atoms with Crippen molar-refractivity contribution in [3.8, 4) is 0 Å². The van der Waals surface area contributed by atoms with E-state index >= 15 is 0 Å². The number of carboxylic acids is 1. The normalized spacial score (nSPS) is 24.2. The minimum absolute atomic E-state index is 0.318. The van der Waals surface area contributed by atoms with Crippen LogP contribution in [0.4, 0.5) is 0 Å². The molecule has 1 N–H and O–H groups in total. The smallest absolute Gasteiger partial charge is 0.328 e. The van der Waals surface area contributed by atoms with Crippen LogP contribution >= 0.6 is 0 Å². The number of hydrogen-bond acceptors (Lipinski definition) is 3. The Bertz CT molecular complexity index is 203. The highest BCUT2D eigenvalue weighted by Crippen LogP contribution is 2.10. The van der Waals surface area contributed by atoms with Crippen molar-refractivity contribution in [3.05, 3.63) is 12.2 Å². The molecular formula is C9H15NO3. The summed E-state index contributed by atoms with van der Waals surface area (Å²) in [6.07, 6.45) is 4.20. The molecule has 1 atom stereocenters. The Morgan fingerprint density at radius 3 is 3.08 bits per heavy atom. The average molecular weight is 185 g/mol. The van der Waals surface area contributed by atoms with E-state index in [2.05, 4.69) is 4.90 Å². The van der Waals surface area contributed by atoms with E-state index in [1.165, 1.54) is 6.08 Å². The van der Waals surface area contributed by atoms with Crippen LogP contribution in [-0.4, -0.2) is 48.8 Å². The average Bonchev–Trinajstić information content (AvgIpc) is 2.52. The molecule has 13 heavy (non-hydrogen) atoms. The topological polar surface area (TPSA) is 49.8 Å². The fraction of sp³-hybridized carbons (Fsp3) is 0.667. The molecule has 0 saturated carbocycles. The molecule has 0 aromatic rings. The van der Waals surface area contributed by atoms with Gasteiger partial charge in [-0.25, -0.2) is 4.79 Å². The summed E-state index contributed by atoms with van der Waals surface area (Å²) in [4.78, 5) is 12.3. The molecule has 1 unspecified atom stereocenters. The van der Waals surface area contributed by atoms with Crippen LogP contribution in [0.3, 0.4) is 0 Å². The second kappa shape index (κ2) is 4.99. The molecule has 4 nitrogen and oxygen atoms in total. The van der Waals surface area contributed by atoms with Crippen LogP contribution in [0.25, 0.3) is 0 Å². The minimum Gasteiger partial charge on any atom is -0.478 e. The summed E-state index contributed by atoms with van der Waals surface area (Å²) < 4.78 is 5.19. The van der Waals surface area contributed by atoms with Crippen LogP contribution in [0, 0.1) is 0 Å². The molecule has 0 amide bonds. The van der Waals surface area contributed by atoms with Gasteiger partial charge < -0.3 is 9.84 Å². The molecule has 1 rings (SSSR count). The van der Waals surface area contributed by atoms with Gasteiger partial charge in [0.2, 0.25) is 0 Å². The van der Waals surface area contributed by atoms with Crippen molar-refractivity contribution >= 4 is 5.97 Å². The van der Waals surface area contributed by atoms with E-state index in [1.54, 1.807) is 13.2 Å². The third-order valence-corrected chi connectivity index (χ3v) is 2.19. The highest BCUT2D eigenvalue weighted by Gasteiger charge is 2.20. The Morgan fingerprint density at radius 2 is 2.54 bits per heavy atom. The number of rotatable bonds is 4. The van der Waals surface area contributed by atoms with Crippen LogP contribution < -0.4 is 0 Å². The van der Waals surface area contributed by atoms with Gasteiger partial charge in [-0.1, -0.05) is 6.08 Å². The molecule has 74 valence electrons. The first-order valence-electron chi connectivity index (χ1n) is 4.37. The first kappa shape index (κ1) is 10.2. The molecule has 0 bridgehead atoms. The van der Waals surface area contributed by atoms with Gasteiger partial charge in [0.15, 0.2) is 0 Å². The van der Waals surface area contributed by atoms with E-state index in [0.717, 1.165) is 19.5 Å². The van der Waals surface area contributed by atoms with Gasteiger partial charge in [0.25, 0.3) is 0 Å². The lowest BCUT2D eigenvalue weighted by atomic mass is 10.3. The number of methoxy groups -OCH3 is 1. The van der Waals surface area contributed by atoms with Crippen molar-refractivity contribution in [1.82, 2.24) is 4.90 Å². The Balaban J connectivity index is 2.20.